The number of hydrogen-bond acceptors (Lipinski definition) is 12. The minimum absolute atomic E-state index is 0.0279. The molecule has 0 aliphatic carbocycles. The van der Waals surface area contributed by atoms with Crippen molar-refractivity contribution in [1.29, 1.82) is 0 Å². The first-order valence-electron chi connectivity index (χ1n) is 11.2. The maximum absolute atomic E-state index is 10.9. The third kappa shape index (κ3) is 6.60. The maximum Gasteiger partial charge on any atom is 0.269 e. The predicted octanol–water partition coefficient (Wildman–Crippen LogP) is 4.74. The Balaban J connectivity index is 1.57. The van der Waals surface area contributed by atoms with Gasteiger partial charge in [0.15, 0.2) is 11.5 Å². The Morgan fingerprint density at radius 1 is 0.763 bits per heavy atom. The molecule has 13 heteroatoms. The van der Waals surface area contributed by atoms with Crippen molar-refractivity contribution in [3.05, 3.63) is 82.4 Å². The van der Waals surface area contributed by atoms with E-state index in [4.69, 9.17) is 14.2 Å². The van der Waals surface area contributed by atoms with Crippen molar-refractivity contribution in [2.75, 3.05) is 37.4 Å². The van der Waals surface area contributed by atoms with Gasteiger partial charge in [-0.15, -0.1) is 0 Å². The molecule has 0 spiro atoms. The Hall–Kier alpha value is -5.46. The first-order valence-corrected chi connectivity index (χ1v) is 11.2. The number of rotatable bonds is 11. The molecule has 0 unspecified atom stereocenters. The molecule has 0 saturated carbocycles. The van der Waals surface area contributed by atoms with E-state index in [0.29, 0.717) is 22.9 Å². The molecule has 0 aliphatic rings. The van der Waals surface area contributed by atoms with E-state index in [1.165, 1.54) is 12.1 Å². The highest BCUT2D eigenvalue weighted by Gasteiger charge is 2.10. The summed E-state index contributed by atoms with van der Waals surface area (Å²) >= 11 is 0. The molecule has 4 rings (SSSR count). The number of hydrogen-bond donors (Lipinski definition) is 3. The summed E-state index contributed by atoms with van der Waals surface area (Å²) in [6, 6.07) is 18.5. The van der Waals surface area contributed by atoms with Crippen LogP contribution in [0.1, 0.15) is 5.56 Å². The van der Waals surface area contributed by atoms with Crippen LogP contribution in [0, 0.1) is 10.1 Å². The normalized spacial score (nSPS) is 10.6. The number of methoxy groups -OCH3 is 3. The van der Waals surface area contributed by atoms with Gasteiger partial charge in [-0.05, 0) is 60.2 Å². The molecular formula is C25H24N8O5. The maximum atomic E-state index is 10.9. The second-order valence-corrected chi connectivity index (χ2v) is 7.57. The average molecular weight is 517 g/mol. The van der Waals surface area contributed by atoms with E-state index in [-0.39, 0.29) is 23.5 Å². The highest BCUT2D eigenvalue weighted by atomic mass is 16.6. The van der Waals surface area contributed by atoms with Crippen LogP contribution in [0.3, 0.4) is 0 Å². The molecule has 0 radical (unpaired) electrons. The van der Waals surface area contributed by atoms with Crippen molar-refractivity contribution in [3.63, 3.8) is 0 Å². The molecule has 194 valence electrons. The van der Waals surface area contributed by atoms with E-state index in [1.807, 2.05) is 18.2 Å². The van der Waals surface area contributed by atoms with Crippen LogP contribution in [0.15, 0.2) is 71.8 Å². The molecule has 0 bridgehead atoms. The van der Waals surface area contributed by atoms with Gasteiger partial charge in [0.1, 0.15) is 5.75 Å². The second-order valence-electron chi connectivity index (χ2n) is 7.57. The number of hydrazone groups is 1. The number of nitrogens with zero attached hydrogens (tertiary/aromatic N) is 5. The molecule has 3 aromatic carbocycles. The molecule has 1 heterocycles. The summed E-state index contributed by atoms with van der Waals surface area (Å²) in [5.74, 6) is 2.45. The van der Waals surface area contributed by atoms with Crippen molar-refractivity contribution in [2.45, 2.75) is 0 Å². The summed E-state index contributed by atoms with van der Waals surface area (Å²) in [4.78, 5) is 23.6. The Kier molecular flexibility index (Phi) is 8.08. The monoisotopic (exact) mass is 516 g/mol. The van der Waals surface area contributed by atoms with Gasteiger partial charge in [0.2, 0.25) is 17.8 Å². The summed E-state index contributed by atoms with van der Waals surface area (Å²) in [5, 5.41) is 21.3. The summed E-state index contributed by atoms with van der Waals surface area (Å²) in [6.45, 7) is 0. The van der Waals surface area contributed by atoms with Crippen LogP contribution < -0.4 is 30.3 Å². The number of benzene rings is 3. The molecule has 0 amide bonds. The number of anilines is 5. The zero-order valence-electron chi connectivity index (χ0n) is 20.7. The lowest BCUT2D eigenvalue weighted by molar-refractivity contribution is -0.384. The molecule has 38 heavy (non-hydrogen) atoms. The molecule has 3 N–H and O–H groups in total. The molecule has 0 fully saturated rings. The molecule has 4 aromatic rings. The lowest BCUT2D eigenvalue weighted by Gasteiger charge is -2.10. The molecule has 0 saturated heterocycles. The minimum Gasteiger partial charge on any atom is -0.497 e. The summed E-state index contributed by atoms with van der Waals surface area (Å²) in [5.41, 5.74) is 4.80. The van der Waals surface area contributed by atoms with Gasteiger partial charge in [0.25, 0.3) is 5.69 Å². The van der Waals surface area contributed by atoms with E-state index in [9.17, 15) is 10.1 Å². The van der Waals surface area contributed by atoms with Crippen LogP contribution in [0.5, 0.6) is 17.2 Å². The summed E-state index contributed by atoms with van der Waals surface area (Å²) in [7, 11) is 4.71. The third-order valence-corrected chi connectivity index (χ3v) is 5.10. The van der Waals surface area contributed by atoms with Gasteiger partial charge in [0, 0.05) is 23.5 Å². The third-order valence-electron chi connectivity index (χ3n) is 5.10. The Labute approximate surface area is 217 Å². The van der Waals surface area contributed by atoms with Crippen LogP contribution in [0.2, 0.25) is 0 Å². The minimum atomic E-state index is -0.470. The number of nitrogens with one attached hydrogen (secondary N) is 3. The van der Waals surface area contributed by atoms with Crippen LogP contribution in [0.4, 0.5) is 34.9 Å². The van der Waals surface area contributed by atoms with Gasteiger partial charge in [-0.25, -0.2) is 5.43 Å². The van der Waals surface area contributed by atoms with Crippen molar-refractivity contribution in [3.8, 4) is 17.2 Å². The van der Waals surface area contributed by atoms with Crippen molar-refractivity contribution in [1.82, 2.24) is 15.0 Å². The van der Waals surface area contributed by atoms with Gasteiger partial charge < -0.3 is 24.8 Å². The Morgan fingerprint density at radius 2 is 1.34 bits per heavy atom. The van der Waals surface area contributed by atoms with Crippen LogP contribution in [-0.2, 0) is 0 Å². The summed E-state index contributed by atoms with van der Waals surface area (Å²) < 4.78 is 15.8. The SMILES string of the molecule is COc1ccc(Nc2nc(N/N=C/c3ccc(OC)c(OC)c3)nc(Nc3ccc([N+](=O)[O-])cc3)n2)cc1. The fourth-order valence-corrected chi connectivity index (χ4v) is 3.23. The van der Waals surface area contributed by atoms with Gasteiger partial charge >= 0.3 is 0 Å². The quantitative estimate of drug-likeness (QED) is 0.144. The lowest BCUT2D eigenvalue weighted by Crippen LogP contribution is -2.07. The van der Waals surface area contributed by atoms with Gasteiger partial charge in [-0.1, -0.05) is 0 Å². The van der Waals surface area contributed by atoms with Gasteiger partial charge in [-0.2, -0.15) is 20.1 Å². The molecule has 0 aliphatic heterocycles. The average Bonchev–Trinajstić information content (AvgIpc) is 2.93. The number of nitro benzene ring substituents is 1. The topological polar surface area (TPSA) is 158 Å². The van der Waals surface area contributed by atoms with Crippen molar-refractivity contribution in [2.24, 2.45) is 5.10 Å². The first kappa shape index (κ1) is 25.6. The first-order chi connectivity index (χ1) is 18.5. The Bertz CT molecular complexity index is 1430. The van der Waals surface area contributed by atoms with E-state index >= 15 is 0 Å². The van der Waals surface area contributed by atoms with Crippen LogP contribution >= 0.6 is 0 Å². The van der Waals surface area contributed by atoms with Crippen molar-refractivity contribution >= 4 is 41.1 Å². The van der Waals surface area contributed by atoms with E-state index in [2.05, 4.69) is 36.1 Å². The van der Waals surface area contributed by atoms with Gasteiger partial charge in [0.05, 0.1) is 32.5 Å². The highest BCUT2D eigenvalue weighted by molar-refractivity contribution is 5.81. The highest BCUT2D eigenvalue weighted by Crippen LogP contribution is 2.27. The molecule has 0 atom stereocenters. The van der Waals surface area contributed by atoms with Crippen molar-refractivity contribution < 1.29 is 19.1 Å². The zero-order chi connectivity index (χ0) is 26.9. The molecule has 13 nitrogen and oxygen atoms in total. The standard InChI is InChI=1S/C25H24N8O5/c1-36-20-11-7-18(8-12-20)28-24-29-23(27-17-5-9-19(10-6-17)33(34)35)30-25(31-24)32-26-15-16-4-13-21(37-2)22(14-16)38-3/h4-15H,1-3H3,(H3,27,28,29,30,31,32)/b26-15+. The number of aromatic nitrogens is 3. The fourth-order valence-electron chi connectivity index (χ4n) is 3.23. The largest absolute Gasteiger partial charge is 0.497 e. The van der Waals surface area contributed by atoms with E-state index in [0.717, 1.165) is 11.3 Å². The number of ether oxygens (including phenoxy) is 3. The molecular weight excluding hydrogens is 492 g/mol. The second kappa shape index (κ2) is 12.0. The van der Waals surface area contributed by atoms with Crippen LogP contribution in [-0.4, -0.2) is 47.4 Å². The van der Waals surface area contributed by atoms with E-state index in [1.54, 1.807) is 63.9 Å². The van der Waals surface area contributed by atoms with E-state index < -0.39 is 4.92 Å². The fraction of sp³-hybridized carbons (Fsp3) is 0.120. The summed E-state index contributed by atoms with van der Waals surface area (Å²) in [6.07, 6.45) is 1.58. The Morgan fingerprint density at radius 3 is 1.89 bits per heavy atom. The predicted molar refractivity (Wildman–Crippen MR) is 143 cm³/mol. The molecule has 1 aromatic heterocycles. The zero-order valence-corrected chi connectivity index (χ0v) is 20.7. The number of nitro groups is 1. The lowest BCUT2D eigenvalue weighted by atomic mass is 10.2. The van der Waals surface area contributed by atoms with Crippen LogP contribution in [0.25, 0.3) is 0 Å². The van der Waals surface area contributed by atoms with Gasteiger partial charge in [-0.3, -0.25) is 10.1 Å². The smallest absolute Gasteiger partial charge is 0.269 e. The number of non-ortho nitro benzene ring substituents is 1.